The number of hydrogen-bond donors (Lipinski definition) is 2. The summed E-state index contributed by atoms with van der Waals surface area (Å²) in [6.45, 7) is 23.9. The summed E-state index contributed by atoms with van der Waals surface area (Å²) in [5, 5.41) is 28.9. The SMILES string of the molecule is CC.CC.CCO[C@@H]([C@H]1CC[C@H]2[C@@H](CC3[C@@H]4CCC5C(C)(C)[C@@H](OC(=O)Oc6ccc([N+](=O)[O-])cc6)CCC56[C@@H](C)[C@@]46CC[C@@]32C)O1)C(C)(C)O.CO. The van der Waals surface area contributed by atoms with E-state index in [-0.39, 0.29) is 52.1 Å². The van der Waals surface area contributed by atoms with Gasteiger partial charge in [-0.3, -0.25) is 10.1 Å². The Kier molecular flexibility index (Phi) is 13.5. The highest BCUT2D eigenvalue weighted by molar-refractivity contribution is 5.64. The van der Waals surface area contributed by atoms with Crippen LogP contribution in [-0.2, 0) is 14.2 Å². The van der Waals surface area contributed by atoms with Crippen molar-refractivity contribution in [1.82, 2.24) is 0 Å². The minimum Gasteiger partial charge on any atom is -0.430 e. The molecule has 12 atom stereocenters. The predicted molar refractivity (Wildman–Crippen MR) is 207 cm³/mol. The van der Waals surface area contributed by atoms with E-state index in [9.17, 15) is 20.0 Å². The zero-order chi connectivity index (χ0) is 39.7. The molecule has 1 saturated heterocycles. The predicted octanol–water partition coefficient (Wildman–Crippen LogP) is 9.77. The number of fused-ring (bicyclic) bond motifs is 4. The van der Waals surface area contributed by atoms with Gasteiger partial charge in [-0.05, 0) is 137 Å². The van der Waals surface area contributed by atoms with Gasteiger partial charge in [-0.1, -0.05) is 55.4 Å². The van der Waals surface area contributed by atoms with E-state index in [0.29, 0.717) is 41.6 Å². The molecule has 2 spiro atoms. The lowest BCUT2D eigenvalue weighted by Gasteiger charge is -2.59. The van der Waals surface area contributed by atoms with Crippen LogP contribution in [0.2, 0.25) is 0 Å². The van der Waals surface area contributed by atoms with Gasteiger partial charge in [-0.2, -0.15) is 0 Å². The van der Waals surface area contributed by atoms with Crippen LogP contribution in [0.1, 0.15) is 134 Å². The van der Waals surface area contributed by atoms with Gasteiger partial charge in [0.05, 0.1) is 22.7 Å². The van der Waals surface area contributed by atoms with Crippen LogP contribution in [0.15, 0.2) is 24.3 Å². The van der Waals surface area contributed by atoms with Crippen LogP contribution in [0.3, 0.4) is 0 Å². The Balaban J connectivity index is 0.000000996. The first-order valence-electron chi connectivity index (χ1n) is 20.7. The molecule has 0 bridgehead atoms. The number of nitro groups is 1. The van der Waals surface area contributed by atoms with Crippen molar-refractivity contribution in [3.8, 4) is 5.75 Å². The number of carbonyl (C=O) groups excluding carboxylic acids is 1. The van der Waals surface area contributed by atoms with Gasteiger partial charge >= 0.3 is 6.16 Å². The summed E-state index contributed by atoms with van der Waals surface area (Å²) in [5.74, 6) is 3.27. The highest BCUT2D eigenvalue weighted by Crippen LogP contribution is 2.89. The van der Waals surface area contributed by atoms with Crippen LogP contribution < -0.4 is 4.74 Å². The summed E-state index contributed by atoms with van der Waals surface area (Å²) in [6.07, 6.45) is 8.87. The Labute approximate surface area is 319 Å². The fraction of sp³-hybridized carbons (Fsp3) is 0.837. The molecule has 0 radical (unpaired) electrons. The number of rotatable bonds is 7. The molecule has 53 heavy (non-hydrogen) atoms. The van der Waals surface area contributed by atoms with E-state index < -0.39 is 16.7 Å². The van der Waals surface area contributed by atoms with Crippen LogP contribution >= 0.6 is 0 Å². The summed E-state index contributed by atoms with van der Waals surface area (Å²) in [4.78, 5) is 23.5. The first-order chi connectivity index (χ1) is 25.1. The molecule has 302 valence electrons. The zero-order valence-electron chi connectivity index (χ0n) is 34.8. The van der Waals surface area contributed by atoms with Gasteiger partial charge in [-0.15, -0.1) is 0 Å². The number of hydrogen-bond acceptors (Lipinski definition) is 9. The molecular formula is C43H71NO9. The molecule has 0 amide bonds. The van der Waals surface area contributed by atoms with E-state index in [2.05, 4.69) is 27.7 Å². The normalized spacial score (nSPS) is 39.1. The van der Waals surface area contributed by atoms with Gasteiger partial charge < -0.3 is 29.2 Å². The highest BCUT2D eigenvalue weighted by Gasteiger charge is 2.85. The monoisotopic (exact) mass is 746 g/mol. The fourth-order valence-electron chi connectivity index (χ4n) is 13.3. The average molecular weight is 746 g/mol. The average Bonchev–Trinajstić information content (AvgIpc) is 3.52. The molecule has 10 heteroatoms. The topological polar surface area (TPSA) is 138 Å². The minimum atomic E-state index is -0.947. The number of ether oxygens (including phenoxy) is 4. The Morgan fingerprint density at radius 2 is 1.57 bits per heavy atom. The maximum Gasteiger partial charge on any atom is 0.514 e. The molecule has 6 fully saturated rings. The van der Waals surface area contributed by atoms with Crippen LogP contribution in [-0.4, -0.2) is 65.0 Å². The molecule has 5 aliphatic carbocycles. The lowest BCUT2D eigenvalue weighted by molar-refractivity contribution is -0.384. The van der Waals surface area contributed by atoms with E-state index in [1.807, 2.05) is 48.5 Å². The molecule has 1 aliphatic heterocycles. The van der Waals surface area contributed by atoms with Gasteiger partial charge in [0.15, 0.2) is 0 Å². The van der Waals surface area contributed by atoms with Crippen LogP contribution in [0, 0.1) is 61.4 Å². The number of non-ortho nitro benzene ring substituents is 1. The van der Waals surface area contributed by atoms with E-state index in [1.165, 1.54) is 43.5 Å². The molecular weight excluding hydrogens is 674 g/mol. The summed E-state index contributed by atoms with van der Waals surface area (Å²) < 4.78 is 24.5. The van der Waals surface area contributed by atoms with E-state index in [4.69, 9.17) is 24.1 Å². The first kappa shape index (κ1) is 43.5. The largest absolute Gasteiger partial charge is 0.514 e. The van der Waals surface area contributed by atoms with Gasteiger partial charge in [0.2, 0.25) is 0 Å². The number of benzene rings is 1. The lowest BCUT2D eigenvalue weighted by Crippen LogP contribution is -2.55. The maximum atomic E-state index is 13.0. The molecule has 1 aromatic carbocycles. The Morgan fingerprint density at radius 3 is 2.15 bits per heavy atom. The molecule has 0 aromatic heterocycles. The smallest absolute Gasteiger partial charge is 0.430 e. The van der Waals surface area contributed by atoms with Gasteiger partial charge in [-0.25, -0.2) is 4.79 Å². The van der Waals surface area contributed by atoms with Gasteiger partial charge in [0.1, 0.15) is 18.0 Å². The molecule has 7 rings (SSSR count). The van der Waals surface area contributed by atoms with Gasteiger partial charge in [0.25, 0.3) is 5.69 Å². The zero-order valence-corrected chi connectivity index (χ0v) is 34.8. The number of nitrogens with zero attached hydrogens (tertiary/aromatic N) is 1. The first-order valence-corrected chi connectivity index (χ1v) is 20.7. The second-order valence-electron chi connectivity index (χ2n) is 17.4. The Morgan fingerprint density at radius 1 is 0.943 bits per heavy atom. The number of nitro benzene ring substituents is 1. The molecule has 1 heterocycles. The van der Waals surface area contributed by atoms with E-state index in [0.717, 1.165) is 45.6 Å². The summed E-state index contributed by atoms with van der Waals surface area (Å²) in [5.41, 5.74) is -0.282. The summed E-state index contributed by atoms with van der Waals surface area (Å²) in [7, 11) is 1.00. The Hall–Kier alpha value is -2.27. The van der Waals surface area contributed by atoms with Crippen LogP contribution in [0.4, 0.5) is 10.5 Å². The molecule has 10 nitrogen and oxygen atoms in total. The summed E-state index contributed by atoms with van der Waals surface area (Å²) in [6, 6.07) is 5.53. The highest BCUT2D eigenvalue weighted by atomic mass is 16.7. The van der Waals surface area contributed by atoms with Crippen molar-refractivity contribution in [3.63, 3.8) is 0 Å². The number of aliphatic hydroxyl groups is 2. The van der Waals surface area contributed by atoms with Crippen LogP contribution in [0.5, 0.6) is 5.75 Å². The molecule has 5 saturated carbocycles. The van der Waals surface area contributed by atoms with E-state index >= 15 is 0 Å². The molecule has 3 unspecified atom stereocenters. The molecule has 6 aliphatic rings. The lowest BCUT2D eigenvalue weighted by atomic mass is 9.46. The third kappa shape index (κ3) is 7.05. The fourth-order valence-corrected chi connectivity index (χ4v) is 13.3. The third-order valence-corrected chi connectivity index (χ3v) is 15.1. The second-order valence-corrected chi connectivity index (χ2v) is 17.4. The van der Waals surface area contributed by atoms with Crippen molar-refractivity contribution >= 4 is 11.8 Å². The number of carbonyl (C=O) groups is 1. The number of aliphatic hydroxyl groups excluding tert-OH is 1. The third-order valence-electron chi connectivity index (χ3n) is 15.1. The van der Waals surface area contributed by atoms with Crippen molar-refractivity contribution in [2.45, 2.75) is 164 Å². The van der Waals surface area contributed by atoms with Gasteiger partial charge in [0, 0.05) is 31.3 Å². The van der Waals surface area contributed by atoms with Crippen molar-refractivity contribution in [2.75, 3.05) is 13.7 Å². The quantitative estimate of drug-likeness (QED) is 0.121. The van der Waals surface area contributed by atoms with E-state index in [1.54, 1.807) is 0 Å². The van der Waals surface area contributed by atoms with Crippen LogP contribution in [0.25, 0.3) is 0 Å². The summed E-state index contributed by atoms with van der Waals surface area (Å²) >= 11 is 0. The molecule has 1 aromatic rings. The van der Waals surface area contributed by atoms with Crippen molar-refractivity contribution < 1.29 is 38.9 Å². The maximum absolute atomic E-state index is 13.0. The van der Waals surface area contributed by atoms with Crippen molar-refractivity contribution in [1.29, 1.82) is 0 Å². The minimum absolute atomic E-state index is 0.0513. The standard InChI is InChI=1S/C38H55NO8.2C2H6.CH4O/c1-8-44-32(35(5,6)41)28-15-13-26-29(46-28)21-27-25-14-16-30-34(3,4)31(47-33(40)45-24-11-9-23(10-12-24)39(42)43)17-18-38(30)22(2)37(25,38)20-19-36(26,27)7;3*1-2/h9-12,22,25-32,41H,8,13-21H2,1-7H3;2*1-2H3;2H,1H3/t22-,25-,26-,27?,28+,29+,30?,31-,32-,36+,37-,38?;;;/m0.../s1. The second kappa shape index (κ2) is 16.4. The van der Waals surface area contributed by atoms with Crippen molar-refractivity contribution in [3.05, 3.63) is 34.4 Å². The Bertz CT molecular complexity index is 1390. The molecule has 2 N–H and O–H groups in total. The van der Waals surface area contributed by atoms with Crippen molar-refractivity contribution in [2.24, 2.45) is 51.2 Å².